The number of pyridine rings is 1. The lowest BCUT2D eigenvalue weighted by atomic mass is 9.59. The smallest absolute Gasteiger partial charge is 0.329 e. The van der Waals surface area contributed by atoms with Crippen molar-refractivity contribution < 1.29 is 24.1 Å². The predicted molar refractivity (Wildman–Crippen MR) is 181 cm³/mol. The topological polar surface area (TPSA) is 89.9 Å². The number of hydrogen-bond donors (Lipinski definition) is 2. The number of nitrogens with one attached hydrogen (secondary N) is 1. The van der Waals surface area contributed by atoms with Gasteiger partial charge in [0.15, 0.2) is 0 Å². The zero-order valence-corrected chi connectivity index (χ0v) is 28.1. The molecule has 0 bridgehead atoms. The highest BCUT2D eigenvalue weighted by molar-refractivity contribution is 6.30. The third kappa shape index (κ3) is 6.59. The van der Waals surface area contributed by atoms with Crippen molar-refractivity contribution in [3.05, 3.63) is 82.1 Å². The fourth-order valence-electron chi connectivity index (χ4n) is 8.41. The van der Waals surface area contributed by atoms with Crippen LogP contribution >= 0.6 is 11.6 Å². The standard InChI is InChI=1S/C38H47ClN2O5/c1-25(24-46-34-12-17-40-33-9-4-6-26(2)35(33)34)20-28-21-27-10-11-31(45-19-18-44-3)23-32(27)37(28)13-15-38(16-14-37,36(42)43)41-30-8-5-7-29(39)22-30/h5,7-8,10-12,17,22-23,25-26,28,41H,4,6,9,13-16,18-21,24H2,1-3H3,(H,42,43)/t25-,26-,28?,37?,38?/m1/s1. The fraction of sp³-hybridized carbons (Fsp3) is 0.526. The monoisotopic (exact) mass is 646 g/mol. The summed E-state index contributed by atoms with van der Waals surface area (Å²) < 4.78 is 17.8. The second-order valence-corrected chi connectivity index (χ2v) is 14.3. The van der Waals surface area contributed by atoms with Crippen molar-refractivity contribution in [2.75, 3.05) is 32.2 Å². The third-order valence-corrected chi connectivity index (χ3v) is 11.1. The van der Waals surface area contributed by atoms with Crippen LogP contribution in [0.4, 0.5) is 5.69 Å². The molecule has 6 rings (SSSR count). The lowest BCUT2D eigenvalue weighted by Gasteiger charge is -2.47. The van der Waals surface area contributed by atoms with Gasteiger partial charge in [-0.05, 0) is 128 Å². The number of anilines is 1. The number of carbonyl (C=O) groups is 1. The number of carboxylic acid groups (broad SMARTS) is 1. The van der Waals surface area contributed by atoms with Crippen molar-refractivity contribution in [3.8, 4) is 11.5 Å². The number of halogens is 1. The maximum Gasteiger partial charge on any atom is 0.329 e. The van der Waals surface area contributed by atoms with E-state index < -0.39 is 11.5 Å². The van der Waals surface area contributed by atoms with Crippen LogP contribution in [-0.4, -0.2) is 48.5 Å². The average Bonchev–Trinajstić information content (AvgIpc) is 3.32. The summed E-state index contributed by atoms with van der Waals surface area (Å²) >= 11 is 6.26. The van der Waals surface area contributed by atoms with Crippen LogP contribution < -0.4 is 14.8 Å². The van der Waals surface area contributed by atoms with Gasteiger partial charge in [0.2, 0.25) is 0 Å². The van der Waals surface area contributed by atoms with Crippen LogP contribution in [0.5, 0.6) is 11.5 Å². The summed E-state index contributed by atoms with van der Waals surface area (Å²) in [4.78, 5) is 17.5. The van der Waals surface area contributed by atoms with Crippen molar-refractivity contribution in [3.63, 3.8) is 0 Å². The highest BCUT2D eigenvalue weighted by Crippen LogP contribution is 2.56. The van der Waals surface area contributed by atoms with Crippen LogP contribution in [0.25, 0.3) is 0 Å². The number of rotatable bonds is 12. The molecular weight excluding hydrogens is 600 g/mol. The Morgan fingerprint density at radius 1 is 1.11 bits per heavy atom. The molecule has 8 heteroatoms. The molecule has 2 aromatic carbocycles. The maximum atomic E-state index is 12.9. The van der Waals surface area contributed by atoms with Crippen LogP contribution in [0.1, 0.15) is 87.1 Å². The first-order valence-electron chi connectivity index (χ1n) is 16.9. The lowest BCUT2D eigenvalue weighted by molar-refractivity contribution is -0.144. The minimum absolute atomic E-state index is 0.135. The quantitative estimate of drug-likeness (QED) is 0.192. The number of ether oxygens (including phenoxy) is 3. The van der Waals surface area contributed by atoms with E-state index in [2.05, 4.69) is 42.3 Å². The second kappa shape index (κ2) is 13.8. The lowest BCUT2D eigenvalue weighted by Crippen LogP contribution is -2.53. The number of fused-ring (bicyclic) bond motifs is 3. The first kappa shape index (κ1) is 32.6. The molecular formula is C38H47ClN2O5. The van der Waals surface area contributed by atoms with E-state index in [1.807, 2.05) is 24.4 Å². The summed E-state index contributed by atoms with van der Waals surface area (Å²) in [5.74, 6) is 2.18. The molecule has 3 aliphatic rings. The van der Waals surface area contributed by atoms with Gasteiger partial charge >= 0.3 is 5.97 Å². The van der Waals surface area contributed by atoms with E-state index in [0.29, 0.717) is 55.4 Å². The Kier molecular flexibility index (Phi) is 9.81. The molecule has 1 aromatic heterocycles. The Labute approximate surface area is 278 Å². The van der Waals surface area contributed by atoms with E-state index in [0.717, 1.165) is 49.3 Å². The molecule has 3 aliphatic carbocycles. The largest absolute Gasteiger partial charge is 0.493 e. The minimum atomic E-state index is -1.05. The highest BCUT2D eigenvalue weighted by atomic mass is 35.5. The Balaban J connectivity index is 1.23. The van der Waals surface area contributed by atoms with Gasteiger partial charge in [-0.3, -0.25) is 4.98 Å². The number of aromatic nitrogens is 1. The number of benzene rings is 2. The van der Waals surface area contributed by atoms with Crippen molar-refractivity contribution in [1.29, 1.82) is 0 Å². The fourth-order valence-corrected chi connectivity index (χ4v) is 8.60. The Morgan fingerprint density at radius 3 is 2.70 bits per heavy atom. The number of methoxy groups -OCH3 is 1. The van der Waals surface area contributed by atoms with E-state index in [1.165, 1.54) is 35.2 Å². The average molecular weight is 647 g/mol. The first-order chi connectivity index (χ1) is 22.2. The molecule has 1 unspecified atom stereocenters. The Hall–Kier alpha value is -3.29. The molecule has 7 nitrogen and oxygen atoms in total. The van der Waals surface area contributed by atoms with E-state index in [-0.39, 0.29) is 5.41 Å². The molecule has 46 heavy (non-hydrogen) atoms. The highest BCUT2D eigenvalue weighted by Gasteiger charge is 2.54. The number of nitrogens with zero attached hydrogens (tertiary/aromatic N) is 1. The summed E-state index contributed by atoms with van der Waals surface area (Å²) in [6.07, 6.45) is 9.83. The summed E-state index contributed by atoms with van der Waals surface area (Å²) in [5, 5.41) is 14.5. The molecule has 3 atom stereocenters. The molecule has 0 amide bonds. The summed E-state index contributed by atoms with van der Waals surface area (Å²) in [6, 6.07) is 15.9. The molecule has 1 spiro atoms. The molecule has 0 saturated heterocycles. The van der Waals surface area contributed by atoms with Gasteiger partial charge in [0.05, 0.1) is 13.2 Å². The van der Waals surface area contributed by atoms with Gasteiger partial charge in [-0.2, -0.15) is 0 Å². The van der Waals surface area contributed by atoms with Gasteiger partial charge in [-0.1, -0.05) is 37.6 Å². The van der Waals surface area contributed by atoms with E-state index in [1.54, 1.807) is 19.2 Å². The van der Waals surface area contributed by atoms with Gasteiger partial charge < -0.3 is 24.6 Å². The predicted octanol–water partition coefficient (Wildman–Crippen LogP) is 8.22. The number of aliphatic carboxylic acids is 1. The van der Waals surface area contributed by atoms with Crippen LogP contribution in [-0.2, 0) is 27.8 Å². The van der Waals surface area contributed by atoms with Gasteiger partial charge in [0.25, 0.3) is 0 Å². The van der Waals surface area contributed by atoms with Gasteiger partial charge in [-0.25, -0.2) is 4.79 Å². The summed E-state index contributed by atoms with van der Waals surface area (Å²) in [7, 11) is 1.68. The minimum Gasteiger partial charge on any atom is -0.493 e. The van der Waals surface area contributed by atoms with Crippen molar-refractivity contribution in [1.82, 2.24) is 4.98 Å². The van der Waals surface area contributed by atoms with Gasteiger partial charge in [0.1, 0.15) is 23.6 Å². The molecule has 0 radical (unpaired) electrons. The molecule has 3 aromatic rings. The molecule has 0 aliphatic heterocycles. The van der Waals surface area contributed by atoms with E-state index in [4.69, 9.17) is 25.8 Å². The van der Waals surface area contributed by atoms with E-state index in [9.17, 15) is 9.90 Å². The zero-order chi connectivity index (χ0) is 32.3. The summed E-state index contributed by atoms with van der Waals surface area (Å²) in [6.45, 7) is 6.23. The Bertz CT molecular complexity index is 1540. The molecule has 2 N–H and O–H groups in total. The van der Waals surface area contributed by atoms with Crippen molar-refractivity contribution >= 4 is 23.3 Å². The van der Waals surface area contributed by atoms with Gasteiger partial charge in [0, 0.05) is 35.3 Å². The molecule has 1 fully saturated rings. The van der Waals surface area contributed by atoms with Crippen molar-refractivity contribution in [2.24, 2.45) is 11.8 Å². The second-order valence-electron chi connectivity index (χ2n) is 13.9. The number of hydrogen-bond acceptors (Lipinski definition) is 6. The molecule has 1 saturated carbocycles. The van der Waals surface area contributed by atoms with Crippen LogP contribution in [0.2, 0.25) is 5.02 Å². The zero-order valence-electron chi connectivity index (χ0n) is 27.3. The third-order valence-electron chi connectivity index (χ3n) is 10.8. The van der Waals surface area contributed by atoms with Crippen molar-refractivity contribution in [2.45, 2.75) is 88.5 Å². The van der Waals surface area contributed by atoms with Gasteiger partial charge in [-0.15, -0.1) is 0 Å². The van der Waals surface area contributed by atoms with Crippen LogP contribution in [0, 0.1) is 11.8 Å². The normalized spacial score (nSPS) is 25.8. The van der Waals surface area contributed by atoms with Crippen LogP contribution in [0.15, 0.2) is 54.7 Å². The number of carboxylic acids is 1. The Morgan fingerprint density at radius 2 is 1.93 bits per heavy atom. The summed E-state index contributed by atoms with van der Waals surface area (Å²) in [5.41, 5.74) is 4.69. The first-order valence-corrected chi connectivity index (χ1v) is 17.2. The maximum absolute atomic E-state index is 12.9. The number of aryl methyl sites for hydroxylation is 1. The SMILES string of the molecule is COCCOc1ccc2c(c1)C1(CCC(Nc3cccc(Cl)c3)(C(=O)O)CC1)C(C[C@@H](C)COc1ccnc3c1[C@H](C)CCC3)C2. The molecule has 1 heterocycles. The van der Waals surface area contributed by atoms with Crippen LogP contribution in [0.3, 0.4) is 0 Å². The van der Waals surface area contributed by atoms with E-state index >= 15 is 0 Å². The molecule has 246 valence electrons.